The Kier molecular flexibility index (Phi) is 8.69. The third kappa shape index (κ3) is 6.50. The Bertz CT molecular complexity index is 1050. The van der Waals surface area contributed by atoms with Gasteiger partial charge in [0.25, 0.3) is 5.91 Å². The highest BCUT2D eigenvalue weighted by atomic mass is 16.5. The lowest BCUT2D eigenvalue weighted by molar-refractivity contribution is -0.143. The minimum Gasteiger partial charge on any atom is -0.493 e. The van der Waals surface area contributed by atoms with E-state index >= 15 is 0 Å². The molecule has 2 heterocycles. The number of hydrogen-bond acceptors (Lipinski definition) is 7. The fourth-order valence-electron chi connectivity index (χ4n) is 3.81. The van der Waals surface area contributed by atoms with E-state index in [1.54, 1.807) is 18.3 Å². The number of aromatic nitrogens is 2. The van der Waals surface area contributed by atoms with Crippen LogP contribution in [0.15, 0.2) is 30.6 Å². The van der Waals surface area contributed by atoms with Gasteiger partial charge in [-0.15, -0.1) is 0 Å². The molecule has 11 heteroatoms. The highest BCUT2D eigenvalue weighted by molar-refractivity contribution is 5.91. The van der Waals surface area contributed by atoms with E-state index in [0.717, 1.165) is 5.56 Å². The molecule has 3 amide bonds. The van der Waals surface area contributed by atoms with Crippen LogP contribution in [0.2, 0.25) is 0 Å². The van der Waals surface area contributed by atoms with Crippen molar-refractivity contribution in [3.05, 3.63) is 30.6 Å². The van der Waals surface area contributed by atoms with Crippen molar-refractivity contribution in [3.63, 3.8) is 0 Å². The summed E-state index contributed by atoms with van der Waals surface area (Å²) in [5.74, 6) is 0.0269. The van der Waals surface area contributed by atoms with Crippen molar-refractivity contribution in [1.29, 1.82) is 0 Å². The lowest BCUT2D eigenvalue weighted by Gasteiger charge is -2.26. The van der Waals surface area contributed by atoms with E-state index in [4.69, 9.17) is 9.47 Å². The van der Waals surface area contributed by atoms with E-state index in [9.17, 15) is 19.5 Å². The molecule has 0 saturated heterocycles. The van der Waals surface area contributed by atoms with Crippen molar-refractivity contribution >= 4 is 17.7 Å². The van der Waals surface area contributed by atoms with Crippen molar-refractivity contribution in [2.45, 2.75) is 39.5 Å². The predicted octanol–water partition coefficient (Wildman–Crippen LogP) is 0.418. The van der Waals surface area contributed by atoms with Crippen LogP contribution in [0, 0.1) is 5.92 Å². The molecule has 3 N–H and O–H groups in total. The fourth-order valence-corrected chi connectivity index (χ4v) is 3.81. The van der Waals surface area contributed by atoms with Crippen molar-refractivity contribution in [1.82, 2.24) is 25.1 Å². The second-order valence-corrected chi connectivity index (χ2v) is 8.67. The lowest BCUT2D eigenvalue weighted by atomic mass is 10.0. The summed E-state index contributed by atoms with van der Waals surface area (Å²) >= 11 is 0. The molecule has 0 saturated carbocycles. The molecule has 190 valence electrons. The van der Waals surface area contributed by atoms with E-state index in [2.05, 4.69) is 15.6 Å². The van der Waals surface area contributed by atoms with Crippen molar-refractivity contribution in [3.8, 4) is 22.9 Å². The van der Waals surface area contributed by atoms with Crippen LogP contribution in [0.5, 0.6) is 11.5 Å². The number of fused-ring (bicyclic) bond motifs is 4. The van der Waals surface area contributed by atoms with Gasteiger partial charge in [-0.2, -0.15) is 0 Å². The van der Waals surface area contributed by atoms with Gasteiger partial charge in [0.1, 0.15) is 24.6 Å². The van der Waals surface area contributed by atoms with Gasteiger partial charge in [0.2, 0.25) is 11.8 Å². The average molecular weight is 488 g/mol. The van der Waals surface area contributed by atoms with Gasteiger partial charge in [-0.3, -0.25) is 14.4 Å². The summed E-state index contributed by atoms with van der Waals surface area (Å²) in [5.41, 5.74) is 0.787. The Morgan fingerprint density at radius 3 is 2.71 bits per heavy atom. The number of imidazole rings is 1. The summed E-state index contributed by atoms with van der Waals surface area (Å²) in [5, 5.41) is 15.4. The molecule has 1 aromatic carbocycles. The first-order valence-electron chi connectivity index (χ1n) is 11.6. The van der Waals surface area contributed by atoms with Crippen LogP contribution >= 0.6 is 0 Å². The number of rotatable bonds is 3. The quantitative estimate of drug-likeness (QED) is 0.571. The Hall–Kier alpha value is -3.60. The summed E-state index contributed by atoms with van der Waals surface area (Å²) in [4.78, 5) is 43.8. The highest BCUT2D eigenvalue weighted by Crippen LogP contribution is 2.32. The van der Waals surface area contributed by atoms with Gasteiger partial charge in [0.05, 0.1) is 20.2 Å². The summed E-state index contributed by atoms with van der Waals surface area (Å²) in [6.07, 6.45) is 2.20. The van der Waals surface area contributed by atoms with Crippen LogP contribution in [0.1, 0.15) is 20.8 Å². The molecule has 0 spiro atoms. The fraction of sp³-hybridized carbons (Fsp3) is 0.500. The SMILES string of the molecule is COc1ccc2cc1OCCN(C(=O)[C@@H](C)O)CC(=O)N[C@H](C(C)C)C(=O)NCCn1ccnc1-2. The molecule has 1 aliphatic heterocycles. The van der Waals surface area contributed by atoms with Gasteiger partial charge < -0.3 is 34.7 Å². The first-order valence-corrected chi connectivity index (χ1v) is 11.6. The van der Waals surface area contributed by atoms with E-state index in [-0.39, 0.29) is 31.5 Å². The minimum absolute atomic E-state index is 0.0394. The van der Waals surface area contributed by atoms with E-state index in [0.29, 0.717) is 30.4 Å². The molecule has 2 atom stereocenters. The number of aliphatic hydroxyl groups excluding tert-OH is 1. The molecular weight excluding hydrogens is 454 g/mol. The highest BCUT2D eigenvalue weighted by Gasteiger charge is 2.27. The normalized spacial score (nSPS) is 18.6. The van der Waals surface area contributed by atoms with Gasteiger partial charge in [-0.25, -0.2) is 4.98 Å². The average Bonchev–Trinajstić information content (AvgIpc) is 3.29. The zero-order valence-corrected chi connectivity index (χ0v) is 20.5. The minimum atomic E-state index is -1.29. The third-order valence-corrected chi connectivity index (χ3v) is 5.68. The van der Waals surface area contributed by atoms with Gasteiger partial charge in [-0.05, 0) is 31.0 Å². The zero-order valence-electron chi connectivity index (χ0n) is 20.5. The molecule has 2 aromatic rings. The van der Waals surface area contributed by atoms with E-state index < -0.39 is 24.0 Å². The summed E-state index contributed by atoms with van der Waals surface area (Å²) < 4.78 is 13.2. The van der Waals surface area contributed by atoms with Gasteiger partial charge in [-0.1, -0.05) is 13.8 Å². The monoisotopic (exact) mass is 487 g/mol. The standard InChI is InChI=1S/C24H33N5O6/c1-15(2)21-23(32)26-8-10-28-9-7-25-22(28)17-5-6-18(34-4)19(13-17)35-12-11-29(14-20(31)27-21)24(33)16(3)30/h5-7,9,13,15-16,21,30H,8,10-12,14H2,1-4H3,(H,26,32)(H,27,31)/t16-,21-/m1/s1. The van der Waals surface area contributed by atoms with Gasteiger partial charge >= 0.3 is 0 Å². The van der Waals surface area contributed by atoms with Gasteiger partial charge in [0.15, 0.2) is 11.5 Å². The maximum Gasteiger partial charge on any atom is 0.251 e. The second kappa shape index (κ2) is 11.7. The molecule has 1 aromatic heterocycles. The number of benzene rings is 1. The number of nitrogens with zero attached hydrogens (tertiary/aromatic N) is 3. The number of amides is 3. The number of nitrogens with one attached hydrogen (secondary N) is 2. The lowest BCUT2D eigenvalue weighted by Crippen LogP contribution is -2.53. The van der Waals surface area contributed by atoms with Crippen LogP contribution in [-0.2, 0) is 20.9 Å². The second-order valence-electron chi connectivity index (χ2n) is 8.67. The van der Waals surface area contributed by atoms with E-state index in [1.165, 1.54) is 18.9 Å². The van der Waals surface area contributed by atoms with E-state index in [1.807, 2.05) is 30.7 Å². The third-order valence-electron chi connectivity index (χ3n) is 5.68. The van der Waals surface area contributed by atoms with Gasteiger partial charge in [0, 0.05) is 31.0 Å². The van der Waals surface area contributed by atoms with Crippen LogP contribution in [0.25, 0.3) is 11.4 Å². The molecule has 0 unspecified atom stereocenters. The number of methoxy groups -OCH3 is 1. The summed E-state index contributed by atoms with van der Waals surface area (Å²) in [7, 11) is 1.53. The van der Waals surface area contributed by atoms with Crippen molar-refractivity contribution in [2.24, 2.45) is 5.92 Å². The Balaban J connectivity index is 1.94. The number of ether oxygens (including phenoxy) is 2. The maximum atomic E-state index is 12.8. The zero-order chi connectivity index (χ0) is 25.5. The van der Waals surface area contributed by atoms with Crippen molar-refractivity contribution in [2.75, 3.05) is 33.4 Å². The number of carbonyl (C=O) groups excluding carboxylic acids is 3. The topological polar surface area (TPSA) is 135 Å². The molecule has 1 aliphatic rings. The molecule has 0 fully saturated rings. The molecule has 2 bridgehead atoms. The number of hydrogen-bond donors (Lipinski definition) is 3. The molecular formula is C24H33N5O6. The molecule has 11 nitrogen and oxygen atoms in total. The summed E-state index contributed by atoms with van der Waals surface area (Å²) in [6, 6.07) is 4.63. The Labute approximate surface area is 204 Å². The number of aliphatic hydroxyl groups is 1. The smallest absolute Gasteiger partial charge is 0.251 e. The van der Waals surface area contributed by atoms with Crippen LogP contribution in [0.4, 0.5) is 0 Å². The molecule has 0 radical (unpaired) electrons. The molecule has 3 rings (SSSR count). The van der Waals surface area contributed by atoms with Crippen LogP contribution in [-0.4, -0.2) is 82.8 Å². The Morgan fingerprint density at radius 2 is 2.03 bits per heavy atom. The molecule has 0 aliphatic carbocycles. The Morgan fingerprint density at radius 1 is 1.26 bits per heavy atom. The first kappa shape index (κ1) is 26.0. The number of carbonyl (C=O) groups is 3. The van der Waals surface area contributed by atoms with Crippen LogP contribution < -0.4 is 20.1 Å². The van der Waals surface area contributed by atoms with Crippen LogP contribution in [0.3, 0.4) is 0 Å². The largest absolute Gasteiger partial charge is 0.493 e. The first-order chi connectivity index (χ1) is 16.7. The maximum absolute atomic E-state index is 12.8. The predicted molar refractivity (Wildman–Crippen MR) is 128 cm³/mol. The van der Waals surface area contributed by atoms with Crippen molar-refractivity contribution < 1.29 is 29.0 Å². The summed E-state index contributed by atoms with van der Waals surface area (Å²) in [6.45, 7) is 5.55. The molecule has 35 heavy (non-hydrogen) atoms.